The van der Waals surface area contributed by atoms with E-state index in [1.54, 1.807) is 25.3 Å². The maximum Gasteiger partial charge on any atom is 0.270 e. The number of hydrogen-bond acceptors (Lipinski definition) is 4. The second-order valence-corrected chi connectivity index (χ2v) is 3.58. The third-order valence-corrected chi connectivity index (χ3v) is 2.18. The molecule has 1 amide bonds. The molecule has 0 heterocycles. The molecule has 0 spiro atoms. The zero-order valence-electron chi connectivity index (χ0n) is 10.1. The molecule has 1 aromatic carbocycles. The average Bonchev–Trinajstić information content (AvgIpc) is 2.37. The number of carbonyl (C=O) groups excluding carboxylic acids is 1. The highest BCUT2D eigenvalue weighted by molar-refractivity contribution is 5.91. The minimum Gasteiger partial charge on any atom is -0.351 e. The van der Waals surface area contributed by atoms with Gasteiger partial charge in [-0.1, -0.05) is 12.1 Å². The van der Waals surface area contributed by atoms with Crippen LogP contribution in [0, 0.1) is 10.1 Å². The van der Waals surface area contributed by atoms with E-state index in [1.165, 1.54) is 18.2 Å². The van der Waals surface area contributed by atoms with Gasteiger partial charge in [-0.3, -0.25) is 14.9 Å². The standard InChI is InChI=1S/C12H15N3O3/c1-13-7-8-14-12(16)6-5-10-3-2-4-11(9-10)15(17)18/h2-6,9,13H,7-8H2,1H3,(H,14,16). The minimum absolute atomic E-state index is 0.00717. The van der Waals surface area contributed by atoms with E-state index >= 15 is 0 Å². The molecular formula is C12H15N3O3. The van der Waals surface area contributed by atoms with E-state index in [0.29, 0.717) is 18.7 Å². The van der Waals surface area contributed by atoms with Crippen molar-refractivity contribution in [2.45, 2.75) is 0 Å². The summed E-state index contributed by atoms with van der Waals surface area (Å²) in [4.78, 5) is 21.4. The van der Waals surface area contributed by atoms with Crippen LogP contribution in [0.1, 0.15) is 5.56 Å². The van der Waals surface area contributed by atoms with Crippen molar-refractivity contribution in [2.24, 2.45) is 0 Å². The van der Waals surface area contributed by atoms with Gasteiger partial charge in [-0.05, 0) is 18.7 Å². The normalized spacial score (nSPS) is 10.5. The Morgan fingerprint density at radius 3 is 2.89 bits per heavy atom. The molecule has 0 saturated carbocycles. The van der Waals surface area contributed by atoms with Gasteiger partial charge in [-0.15, -0.1) is 0 Å². The average molecular weight is 249 g/mol. The van der Waals surface area contributed by atoms with Crippen molar-refractivity contribution >= 4 is 17.7 Å². The Bertz CT molecular complexity index is 458. The van der Waals surface area contributed by atoms with Crippen LogP contribution in [-0.4, -0.2) is 31.0 Å². The molecule has 2 N–H and O–H groups in total. The molecule has 6 heteroatoms. The highest BCUT2D eigenvalue weighted by Crippen LogP contribution is 2.13. The first-order valence-electron chi connectivity index (χ1n) is 5.48. The Labute approximate surface area is 105 Å². The van der Waals surface area contributed by atoms with E-state index in [2.05, 4.69) is 10.6 Å². The molecule has 1 aromatic rings. The SMILES string of the molecule is CNCCNC(=O)C=Cc1cccc([N+](=O)[O-])c1. The number of carbonyl (C=O) groups is 1. The molecule has 0 radical (unpaired) electrons. The molecular weight excluding hydrogens is 234 g/mol. The predicted octanol–water partition coefficient (Wildman–Crippen LogP) is 0.944. The van der Waals surface area contributed by atoms with Gasteiger partial charge >= 0.3 is 0 Å². The topological polar surface area (TPSA) is 84.3 Å². The number of nitro benzene ring substituents is 1. The zero-order chi connectivity index (χ0) is 13.4. The Balaban J connectivity index is 2.58. The molecule has 0 fully saturated rings. The fourth-order valence-electron chi connectivity index (χ4n) is 1.28. The number of benzene rings is 1. The van der Waals surface area contributed by atoms with E-state index in [9.17, 15) is 14.9 Å². The van der Waals surface area contributed by atoms with Crippen LogP contribution >= 0.6 is 0 Å². The summed E-state index contributed by atoms with van der Waals surface area (Å²) in [6.07, 6.45) is 2.90. The van der Waals surface area contributed by atoms with Gasteiger partial charge in [0.1, 0.15) is 0 Å². The Hall–Kier alpha value is -2.21. The first-order valence-corrected chi connectivity index (χ1v) is 5.48. The molecule has 0 unspecified atom stereocenters. The van der Waals surface area contributed by atoms with Crippen LogP contribution in [0.3, 0.4) is 0 Å². The number of hydrogen-bond donors (Lipinski definition) is 2. The summed E-state index contributed by atoms with van der Waals surface area (Å²) >= 11 is 0. The molecule has 6 nitrogen and oxygen atoms in total. The zero-order valence-corrected chi connectivity index (χ0v) is 10.1. The first kappa shape index (κ1) is 13.9. The van der Waals surface area contributed by atoms with Crippen LogP contribution in [-0.2, 0) is 4.79 Å². The summed E-state index contributed by atoms with van der Waals surface area (Å²) < 4.78 is 0. The molecule has 0 saturated heterocycles. The highest BCUT2D eigenvalue weighted by Gasteiger charge is 2.03. The maximum atomic E-state index is 11.4. The largest absolute Gasteiger partial charge is 0.351 e. The predicted molar refractivity (Wildman–Crippen MR) is 69.1 cm³/mol. The molecule has 0 bridgehead atoms. The minimum atomic E-state index is -0.468. The van der Waals surface area contributed by atoms with E-state index in [4.69, 9.17) is 0 Å². The molecule has 18 heavy (non-hydrogen) atoms. The summed E-state index contributed by atoms with van der Waals surface area (Å²) in [5.41, 5.74) is 0.626. The van der Waals surface area contributed by atoms with Gasteiger partial charge < -0.3 is 10.6 Å². The van der Waals surface area contributed by atoms with Crippen LogP contribution in [0.25, 0.3) is 6.08 Å². The number of nitrogens with one attached hydrogen (secondary N) is 2. The maximum absolute atomic E-state index is 11.4. The molecule has 0 aliphatic rings. The lowest BCUT2D eigenvalue weighted by Crippen LogP contribution is -2.28. The van der Waals surface area contributed by atoms with Gasteiger partial charge in [0, 0.05) is 31.3 Å². The van der Waals surface area contributed by atoms with E-state index in [1.807, 2.05) is 0 Å². The first-order chi connectivity index (χ1) is 8.63. The van der Waals surface area contributed by atoms with Gasteiger partial charge in [0.2, 0.25) is 5.91 Å². The number of non-ortho nitro benzene ring substituents is 1. The Kier molecular flexibility index (Phi) is 5.53. The van der Waals surface area contributed by atoms with Crippen molar-refractivity contribution in [3.05, 3.63) is 46.0 Å². The van der Waals surface area contributed by atoms with Crippen molar-refractivity contribution < 1.29 is 9.72 Å². The molecule has 0 atom stereocenters. The number of nitro groups is 1. The lowest BCUT2D eigenvalue weighted by atomic mass is 10.2. The monoisotopic (exact) mass is 249 g/mol. The third kappa shape index (κ3) is 4.75. The molecule has 0 aromatic heterocycles. The lowest BCUT2D eigenvalue weighted by Gasteiger charge is -2.00. The second-order valence-electron chi connectivity index (χ2n) is 3.58. The second kappa shape index (κ2) is 7.18. The van der Waals surface area contributed by atoms with E-state index in [0.717, 1.165) is 0 Å². The summed E-state index contributed by atoms with van der Waals surface area (Å²) in [7, 11) is 1.80. The Morgan fingerprint density at radius 1 is 1.44 bits per heavy atom. The summed E-state index contributed by atoms with van der Waals surface area (Å²) in [6, 6.07) is 6.10. The van der Waals surface area contributed by atoms with Crippen molar-refractivity contribution in [2.75, 3.05) is 20.1 Å². The van der Waals surface area contributed by atoms with Crippen molar-refractivity contribution in [1.82, 2.24) is 10.6 Å². The van der Waals surface area contributed by atoms with Gasteiger partial charge in [0.05, 0.1) is 4.92 Å². The van der Waals surface area contributed by atoms with E-state index in [-0.39, 0.29) is 11.6 Å². The van der Waals surface area contributed by atoms with Crippen LogP contribution in [0.5, 0.6) is 0 Å². The Morgan fingerprint density at radius 2 is 2.22 bits per heavy atom. The van der Waals surface area contributed by atoms with Gasteiger partial charge in [0.25, 0.3) is 5.69 Å². The summed E-state index contributed by atoms with van der Waals surface area (Å²) in [5, 5.41) is 16.1. The smallest absolute Gasteiger partial charge is 0.270 e. The van der Waals surface area contributed by atoms with E-state index < -0.39 is 4.92 Å². The van der Waals surface area contributed by atoms with Crippen LogP contribution in [0.2, 0.25) is 0 Å². The fraction of sp³-hybridized carbons (Fsp3) is 0.250. The molecule has 96 valence electrons. The fourth-order valence-corrected chi connectivity index (χ4v) is 1.28. The number of nitrogens with zero attached hydrogens (tertiary/aromatic N) is 1. The highest BCUT2D eigenvalue weighted by atomic mass is 16.6. The summed E-state index contributed by atoms with van der Waals surface area (Å²) in [5.74, 6) is -0.225. The number of likely N-dealkylation sites (N-methyl/N-ethyl adjacent to an activating group) is 1. The van der Waals surface area contributed by atoms with Crippen LogP contribution in [0.15, 0.2) is 30.3 Å². The summed E-state index contributed by atoms with van der Waals surface area (Å²) in [6.45, 7) is 1.23. The number of amides is 1. The molecule has 0 aliphatic heterocycles. The van der Waals surface area contributed by atoms with Crippen molar-refractivity contribution in [1.29, 1.82) is 0 Å². The number of rotatable bonds is 6. The van der Waals surface area contributed by atoms with Crippen LogP contribution in [0.4, 0.5) is 5.69 Å². The van der Waals surface area contributed by atoms with Gasteiger partial charge in [-0.25, -0.2) is 0 Å². The van der Waals surface area contributed by atoms with Gasteiger partial charge in [0.15, 0.2) is 0 Å². The third-order valence-electron chi connectivity index (χ3n) is 2.18. The van der Waals surface area contributed by atoms with Crippen LogP contribution < -0.4 is 10.6 Å². The lowest BCUT2D eigenvalue weighted by molar-refractivity contribution is -0.384. The molecule has 0 aliphatic carbocycles. The molecule has 1 rings (SSSR count). The van der Waals surface area contributed by atoms with Gasteiger partial charge in [-0.2, -0.15) is 0 Å². The van der Waals surface area contributed by atoms with Crippen molar-refractivity contribution in [3.8, 4) is 0 Å². The van der Waals surface area contributed by atoms with Crippen molar-refractivity contribution in [3.63, 3.8) is 0 Å². The quantitative estimate of drug-likeness (QED) is 0.340.